The third kappa shape index (κ3) is 5.96. The summed E-state index contributed by atoms with van der Waals surface area (Å²) < 4.78 is 53.9. The Morgan fingerprint density at radius 2 is 1.42 bits per heavy atom. The molecule has 0 fully saturated rings. The SMILES string of the molecule is CS(=O)(=O)N(CC(=O)Nc1ccc(S(=O)(=O)Nc2ccc(Cl)cc2)cc1)c1cccc2ccccc12. The van der Waals surface area contributed by atoms with Crippen LogP contribution in [0.3, 0.4) is 0 Å². The lowest BCUT2D eigenvalue weighted by atomic mass is 10.1. The molecule has 4 rings (SSSR count). The molecule has 8 nitrogen and oxygen atoms in total. The van der Waals surface area contributed by atoms with Gasteiger partial charge in [0, 0.05) is 21.8 Å². The first-order chi connectivity index (χ1) is 17.0. The normalized spacial score (nSPS) is 11.7. The Bertz CT molecular complexity index is 1620. The minimum absolute atomic E-state index is 0.0102. The fraction of sp³-hybridized carbons (Fsp3) is 0.0800. The molecule has 0 saturated heterocycles. The Hall–Kier alpha value is -3.60. The molecule has 4 aromatic rings. The molecule has 0 aliphatic heterocycles. The van der Waals surface area contributed by atoms with Crippen LogP contribution in [-0.4, -0.2) is 35.5 Å². The van der Waals surface area contributed by atoms with Crippen LogP contribution >= 0.6 is 11.6 Å². The molecule has 11 heteroatoms. The summed E-state index contributed by atoms with van der Waals surface area (Å²) in [5.41, 5.74) is 1.06. The number of halogens is 1. The molecule has 0 heterocycles. The van der Waals surface area contributed by atoms with Gasteiger partial charge in [-0.15, -0.1) is 0 Å². The largest absolute Gasteiger partial charge is 0.325 e. The lowest BCUT2D eigenvalue weighted by Crippen LogP contribution is -2.37. The maximum Gasteiger partial charge on any atom is 0.261 e. The van der Waals surface area contributed by atoms with Crippen LogP contribution in [0, 0.1) is 0 Å². The maximum absolute atomic E-state index is 12.8. The maximum atomic E-state index is 12.8. The number of hydrogen-bond donors (Lipinski definition) is 2. The fourth-order valence-electron chi connectivity index (χ4n) is 3.59. The third-order valence-corrected chi connectivity index (χ3v) is 8.04. The summed E-state index contributed by atoms with van der Waals surface area (Å²) in [5, 5.41) is 4.64. The van der Waals surface area contributed by atoms with E-state index in [1.807, 2.05) is 18.2 Å². The van der Waals surface area contributed by atoms with E-state index >= 15 is 0 Å². The van der Waals surface area contributed by atoms with E-state index in [2.05, 4.69) is 10.0 Å². The van der Waals surface area contributed by atoms with Gasteiger partial charge in [-0.1, -0.05) is 48.0 Å². The summed E-state index contributed by atoms with van der Waals surface area (Å²) in [4.78, 5) is 12.8. The lowest BCUT2D eigenvalue weighted by molar-refractivity contribution is -0.114. The van der Waals surface area contributed by atoms with E-state index < -0.39 is 32.5 Å². The first-order valence-electron chi connectivity index (χ1n) is 10.7. The molecule has 0 aliphatic carbocycles. The van der Waals surface area contributed by atoms with E-state index in [9.17, 15) is 21.6 Å². The van der Waals surface area contributed by atoms with Gasteiger partial charge in [0.2, 0.25) is 15.9 Å². The van der Waals surface area contributed by atoms with Crippen molar-refractivity contribution in [3.63, 3.8) is 0 Å². The van der Waals surface area contributed by atoms with Crippen LogP contribution in [0.2, 0.25) is 5.02 Å². The molecule has 2 N–H and O–H groups in total. The van der Waals surface area contributed by atoms with Crippen LogP contribution in [0.1, 0.15) is 0 Å². The number of fused-ring (bicyclic) bond motifs is 1. The van der Waals surface area contributed by atoms with E-state index in [-0.39, 0.29) is 4.90 Å². The highest BCUT2D eigenvalue weighted by Gasteiger charge is 2.23. The van der Waals surface area contributed by atoms with E-state index in [4.69, 9.17) is 11.6 Å². The van der Waals surface area contributed by atoms with Gasteiger partial charge in [0.15, 0.2) is 0 Å². The number of nitrogens with one attached hydrogen (secondary N) is 2. The monoisotopic (exact) mass is 543 g/mol. The summed E-state index contributed by atoms with van der Waals surface area (Å²) in [6.07, 6.45) is 1.04. The van der Waals surface area contributed by atoms with Gasteiger partial charge in [-0.25, -0.2) is 16.8 Å². The predicted octanol–water partition coefficient (Wildman–Crippen LogP) is 4.70. The Kier molecular flexibility index (Phi) is 7.21. The number of rotatable bonds is 8. The lowest BCUT2D eigenvalue weighted by Gasteiger charge is -2.23. The molecule has 0 saturated carbocycles. The third-order valence-electron chi connectivity index (χ3n) is 5.27. The second kappa shape index (κ2) is 10.2. The zero-order chi connectivity index (χ0) is 25.9. The molecular weight excluding hydrogens is 522 g/mol. The molecular formula is C25H22ClN3O5S2. The van der Waals surface area contributed by atoms with Crippen LogP contribution in [0.25, 0.3) is 10.8 Å². The van der Waals surface area contributed by atoms with Gasteiger partial charge in [-0.05, 0) is 60.0 Å². The molecule has 0 aromatic heterocycles. The number of carbonyl (C=O) groups is 1. The second-order valence-corrected chi connectivity index (χ2v) is 12.0. The summed E-state index contributed by atoms with van der Waals surface area (Å²) in [5.74, 6) is -0.580. The van der Waals surface area contributed by atoms with Crippen molar-refractivity contribution in [1.82, 2.24) is 0 Å². The van der Waals surface area contributed by atoms with Crippen molar-refractivity contribution in [3.05, 3.63) is 96.0 Å². The number of sulfonamides is 2. The highest BCUT2D eigenvalue weighted by Crippen LogP contribution is 2.28. The number of amides is 1. The number of carbonyl (C=O) groups excluding carboxylic acids is 1. The Balaban J connectivity index is 1.50. The topological polar surface area (TPSA) is 113 Å². The minimum atomic E-state index is -3.86. The molecule has 4 aromatic carbocycles. The Labute approximate surface area is 214 Å². The minimum Gasteiger partial charge on any atom is -0.325 e. The van der Waals surface area contributed by atoms with Gasteiger partial charge in [-0.3, -0.25) is 13.8 Å². The number of anilines is 3. The number of hydrogen-bond acceptors (Lipinski definition) is 5. The second-order valence-electron chi connectivity index (χ2n) is 7.95. The molecule has 186 valence electrons. The number of benzene rings is 4. The molecule has 0 spiro atoms. The van der Waals surface area contributed by atoms with Crippen molar-refractivity contribution in [1.29, 1.82) is 0 Å². The van der Waals surface area contributed by atoms with Crippen LogP contribution in [0.15, 0.2) is 95.9 Å². The highest BCUT2D eigenvalue weighted by molar-refractivity contribution is 7.92. The molecule has 0 bridgehead atoms. The molecule has 0 unspecified atom stereocenters. The quantitative estimate of drug-likeness (QED) is 0.334. The molecule has 36 heavy (non-hydrogen) atoms. The van der Waals surface area contributed by atoms with Crippen LogP contribution < -0.4 is 14.3 Å². The van der Waals surface area contributed by atoms with Gasteiger partial charge in [-0.2, -0.15) is 0 Å². The molecule has 0 atom stereocenters. The molecule has 1 amide bonds. The van der Waals surface area contributed by atoms with Crippen molar-refractivity contribution < 1.29 is 21.6 Å². The molecule has 0 radical (unpaired) electrons. The van der Waals surface area contributed by atoms with Crippen LogP contribution in [0.5, 0.6) is 0 Å². The smallest absolute Gasteiger partial charge is 0.261 e. The van der Waals surface area contributed by atoms with Gasteiger partial charge in [0.25, 0.3) is 10.0 Å². The van der Waals surface area contributed by atoms with Gasteiger partial charge in [0.05, 0.1) is 16.8 Å². The van der Waals surface area contributed by atoms with E-state index in [0.29, 0.717) is 27.5 Å². The first-order valence-corrected chi connectivity index (χ1v) is 14.4. The predicted molar refractivity (Wildman–Crippen MR) is 143 cm³/mol. The van der Waals surface area contributed by atoms with E-state index in [1.54, 1.807) is 36.4 Å². The van der Waals surface area contributed by atoms with Gasteiger partial charge in [0.1, 0.15) is 6.54 Å². The summed E-state index contributed by atoms with van der Waals surface area (Å²) in [7, 11) is -7.64. The zero-order valence-electron chi connectivity index (χ0n) is 19.1. The van der Waals surface area contributed by atoms with Gasteiger partial charge < -0.3 is 5.32 Å². The van der Waals surface area contributed by atoms with Crippen molar-refractivity contribution in [3.8, 4) is 0 Å². The van der Waals surface area contributed by atoms with E-state index in [0.717, 1.165) is 15.9 Å². The Morgan fingerprint density at radius 1 is 0.806 bits per heavy atom. The van der Waals surface area contributed by atoms with Crippen molar-refractivity contribution in [2.24, 2.45) is 0 Å². The van der Waals surface area contributed by atoms with Crippen LogP contribution in [0.4, 0.5) is 17.1 Å². The number of nitrogens with zero attached hydrogens (tertiary/aromatic N) is 1. The van der Waals surface area contributed by atoms with Crippen LogP contribution in [-0.2, 0) is 24.8 Å². The van der Waals surface area contributed by atoms with Crippen molar-refractivity contribution in [2.45, 2.75) is 4.90 Å². The Morgan fingerprint density at radius 3 is 2.08 bits per heavy atom. The van der Waals surface area contributed by atoms with Crippen molar-refractivity contribution in [2.75, 3.05) is 27.1 Å². The first kappa shape index (κ1) is 25.5. The summed E-state index contributed by atoms with van der Waals surface area (Å²) in [6, 6.07) is 24.3. The summed E-state index contributed by atoms with van der Waals surface area (Å²) >= 11 is 5.83. The molecule has 0 aliphatic rings. The summed E-state index contributed by atoms with van der Waals surface area (Å²) in [6.45, 7) is -0.453. The van der Waals surface area contributed by atoms with Gasteiger partial charge >= 0.3 is 0 Å². The van der Waals surface area contributed by atoms with Crippen molar-refractivity contribution >= 4 is 65.4 Å². The highest BCUT2D eigenvalue weighted by atomic mass is 35.5. The standard InChI is InChI=1S/C25H22ClN3O5S2/c1-35(31,32)29(24-8-4-6-18-5-2-3-7-23(18)24)17-25(30)27-20-13-15-22(16-14-20)36(33,34)28-21-11-9-19(26)10-12-21/h2-16,28H,17H2,1H3,(H,27,30). The fourth-order valence-corrected chi connectivity index (χ4v) is 5.64. The average Bonchev–Trinajstić information content (AvgIpc) is 2.83. The average molecular weight is 544 g/mol. The van der Waals surface area contributed by atoms with E-state index in [1.165, 1.54) is 36.4 Å². The zero-order valence-corrected chi connectivity index (χ0v) is 21.4.